The molecule has 0 aromatic rings. The molecule has 2 heteroatoms. The van der Waals surface area contributed by atoms with Gasteiger partial charge in [-0.15, -0.1) is 0 Å². The molecular formula is C20H22O2. The molecular weight excluding hydrogens is 272 g/mol. The molecule has 0 spiro atoms. The van der Waals surface area contributed by atoms with Crippen LogP contribution in [0, 0.1) is 17.3 Å². The predicted molar refractivity (Wildman–Crippen MR) is 86.8 cm³/mol. The van der Waals surface area contributed by atoms with Crippen LogP contribution in [-0.4, -0.2) is 5.97 Å². The SMILES string of the molecule is CC(=O)OC1=CC=C2C3=CC=C4C=CCC[C@@H]4[C@H]3CC[C@]12C. The van der Waals surface area contributed by atoms with Gasteiger partial charge in [0.05, 0.1) is 5.41 Å². The standard InChI is InChI=1S/C20H22O2/c1-13(21)22-19-10-9-18-17-8-7-14-5-3-4-6-15(14)16(17)11-12-20(18,19)2/h3,5,7-10,15-16H,4,6,11-12H2,1-2H3/t15-,16+,20-/m0/s1. The van der Waals surface area contributed by atoms with Gasteiger partial charge in [-0.2, -0.15) is 0 Å². The lowest BCUT2D eigenvalue weighted by molar-refractivity contribution is -0.138. The molecule has 4 aliphatic carbocycles. The van der Waals surface area contributed by atoms with Crippen LogP contribution in [0.15, 0.2) is 58.9 Å². The molecule has 0 aromatic carbocycles. The summed E-state index contributed by atoms with van der Waals surface area (Å²) in [4.78, 5) is 11.4. The van der Waals surface area contributed by atoms with Gasteiger partial charge in [0.1, 0.15) is 5.76 Å². The number of carbonyl (C=O) groups is 1. The summed E-state index contributed by atoms with van der Waals surface area (Å²) in [5.41, 5.74) is 4.21. The zero-order chi connectivity index (χ0) is 15.3. The Morgan fingerprint density at radius 3 is 2.86 bits per heavy atom. The van der Waals surface area contributed by atoms with E-state index in [1.165, 1.54) is 42.9 Å². The molecule has 0 unspecified atom stereocenters. The highest BCUT2D eigenvalue weighted by atomic mass is 16.5. The van der Waals surface area contributed by atoms with Crippen molar-refractivity contribution in [2.45, 2.75) is 39.5 Å². The number of carbonyl (C=O) groups excluding carboxylic acids is 1. The Kier molecular flexibility index (Phi) is 3.04. The van der Waals surface area contributed by atoms with Crippen molar-refractivity contribution in [2.24, 2.45) is 17.3 Å². The number of rotatable bonds is 1. The van der Waals surface area contributed by atoms with Gasteiger partial charge in [-0.1, -0.05) is 30.4 Å². The molecule has 4 rings (SSSR count). The Morgan fingerprint density at radius 1 is 1.18 bits per heavy atom. The van der Waals surface area contributed by atoms with E-state index in [0.717, 1.165) is 12.2 Å². The van der Waals surface area contributed by atoms with Gasteiger partial charge in [-0.3, -0.25) is 4.79 Å². The average molecular weight is 294 g/mol. The number of fused-ring (bicyclic) bond motifs is 5. The summed E-state index contributed by atoms with van der Waals surface area (Å²) in [7, 11) is 0. The molecule has 0 saturated heterocycles. The van der Waals surface area contributed by atoms with E-state index in [1.54, 1.807) is 0 Å². The minimum atomic E-state index is -0.221. The van der Waals surface area contributed by atoms with Crippen molar-refractivity contribution >= 4 is 5.97 Å². The van der Waals surface area contributed by atoms with Crippen LogP contribution in [0.3, 0.4) is 0 Å². The molecule has 0 aromatic heterocycles. The third kappa shape index (κ3) is 1.89. The zero-order valence-corrected chi connectivity index (χ0v) is 13.3. The molecule has 0 bridgehead atoms. The molecule has 114 valence electrons. The van der Waals surface area contributed by atoms with Gasteiger partial charge in [0.15, 0.2) is 0 Å². The number of esters is 1. The first-order valence-electron chi connectivity index (χ1n) is 8.29. The van der Waals surface area contributed by atoms with Gasteiger partial charge in [0.2, 0.25) is 0 Å². The third-order valence-corrected chi connectivity index (χ3v) is 5.78. The fourth-order valence-electron chi connectivity index (χ4n) is 4.65. The first-order chi connectivity index (χ1) is 10.6. The van der Waals surface area contributed by atoms with E-state index in [1.807, 2.05) is 6.08 Å². The number of allylic oxidation sites excluding steroid dienone is 9. The summed E-state index contributed by atoms with van der Waals surface area (Å²) >= 11 is 0. The van der Waals surface area contributed by atoms with Crippen molar-refractivity contribution < 1.29 is 9.53 Å². The highest BCUT2D eigenvalue weighted by Gasteiger charge is 2.47. The van der Waals surface area contributed by atoms with Gasteiger partial charge >= 0.3 is 5.97 Å². The first kappa shape index (κ1) is 13.8. The molecule has 22 heavy (non-hydrogen) atoms. The maximum Gasteiger partial charge on any atom is 0.307 e. The summed E-state index contributed by atoms with van der Waals surface area (Å²) in [6.45, 7) is 3.70. The Hall–Kier alpha value is -1.83. The lowest BCUT2D eigenvalue weighted by Crippen LogP contribution is -2.35. The summed E-state index contributed by atoms with van der Waals surface area (Å²) in [5, 5.41) is 0. The molecule has 0 N–H and O–H groups in total. The van der Waals surface area contributed by atoms with E-state index in [0.29, 0.717) is 11.8 Å². The van der Waals surface area contributed by atoms with Crippen LogP contribution in [0.1, 0.15) is 39.5 Å². The van der Waals surface area contributed by atoms with E-state index < -0.39 is 0 Å². The average Bonchev–Trinajstić information content (AvgIpc) is 2.83. The predicted octanol–water partition coefficient (Wildman–Crippen LogP) is 4.62. The van der Waals surface area contributed by atoms with E-state index in [-0.39, 0.29) is 11.4 Å². The zero-order valence-electron chi connectivity index (χ0n) is 13.3. The van der Waals surface area contributed by atoms with Gasteiger partial charge in [0, 0.05) is 6.92 Å². The second-order valence-corrected chi connectivity index (χ2v) is 7.06. The fraction of sp³-hybridized carbons (Fsp3) is 0.450. The number of ether oxygens (including phenoxy) is 1. The fourth-order valence-corrected chi connectivity index (χ4v) is 4.65. The molecule has 0 amide bonds. The van der Waals surface area contributed by atoms with E-state index in [9.17, 15) is 4.79 Å². The maximum atomic E-state index is 11.4. The van der Waals surface area contributed by atoms with Gasteiger partial charge in [-0.25, -0.2) is 0 Å². The van der Waals surface area contributed by atoms with Crippen molar-refractivity contribution in [1.82, 2.24) is 0 Å². The third-order valence-electron chi connectivity index (χ3n) is 5.78. The minimum Gasteiger partial charge on any atom is -0.430 e. The molecule has 2 nitrogen and oxygen atoms in total. The molecule has 1 saturated carbocycles. The first-order valence-corrected chi connectivity index (χ1v) is 8.29. The molecule has 0 radical (unpaired) electrons. The van der Waals surface area contributed by atoms with Crippen molar-refractivity contribution in [3.63, 3.8) is 0 Å². The maximum absolute atomic E-state index is 11.4. The summed E-state index contributed by atoms with van der Waals surface area (Å²) < 4.78 is 5.49. The van der Waals surface area contributed by atoms with Crippen molar-refractivity contribution in [1.29, 1.82) is 0 Å². The quantitative estimate of drug-likeness (QED) is 0.659. The second kappa shape index (κ2) is 4.84. The topological polar surface area (TPSA) is 26.3 Å². The largest absolute Gasteiger partial charge is 0.430 e. The van der Waals surface area contributed by atoms with Crippen LogP contribution in [0.4, 0.5) is 0 Å². The summed E-state index contributed by atoms with van der Waals surface area (Å²) in [6.07, 6.45) is 18.1. The molecule has 3 atom stereocenters. The minimum absolute atomic E-state index is 0.121. The number of hydrogen-bond donors (Lipinski definition) is 0. The van der Waals surface area contributed by atoms with E-state index >= 15 is 0 Å². The Bertz CT molecular complexity index is 686. The molecule has 4 aliphatic rings. The smallest absolute Gasteiger partial charge is 0.307 e. The van der Waals surface area contributed by atoms with Crippen LogP contribution in [0.5, 0.6) is 0 Å². The number of hydrogen-bond acceptors (Lipinski definition) is 2. The lowest BCUT2D eigenvalue weighted by atomic mass is 9.59. The molecule has 0 heterocycles. The van der Waals surface area contributed by atoms with Crippen LogP contribution in [0.25, 0.3) is 0 Å². The molecule has 1 fully saturated rings. The Morgan fingerprint density at radius 2 is 2.05 bits per heavy atom. The van der Waals surface area contributed by atoms with Crippen LogP contribution in [-0.2, 0) is 9.53 Å². The van der Waals surface area contributed by atoms with E-state index in [4.69, 9.17) is 4.74 Å². The van der Waals surface area contributed by atoms with Gasteiger partial charge < -0.3 is 4.74 Å². The van der Waals surface area contributed by atoms with Crippen LogP contribution in [0.2, 0.25) is 0 Å². The molecule has 0 aliphatic heterocycles. The summed E-state index contributed by atoms with van der Waals surface area (Å²) in [5.74, 6) is 1.91. The van der Waals surface area contributed by atoms with Gasteiger partial charge in [0.25, 0.3) is 0 Å². The Labute approximate surface area is 131 Å². The highest BCUT2D eigenvalue weighted by Crippen LogP contribution is 2.57. The lowest BCUT2D eigenvalue weighted by Gasteiger charge is -2.45. The highest BCUT2D eigenvalue weighted by molar-refractivity contribution is 5.69. The summed E-state index contributed by atoms with van der Waals surface area (Å²) in [6, 6.07) is 0. The van der Waals surface area contributed by atoms with Gasteiger partial charge in [-0.05, 0) is 67.2 Å². The van der Waals surface area contributed by atoms with Crippen LogP contribution < -0.4 is 0 Å². The van der Waals surface area contributed by atoms with Crippen molar-refractivity contribution in [3.8, 4) is 0 Å². The Balaban J connectivity index is 1.69. The normalized spacial score (nSPS) is 35.4. The van der Waals surface area contributed by atoms with Crippen molar-refractivity contribution in [2.75, 3.05) is 0 Å². The van der Waals surface area contributed by atoms with Crippen LogP contribution >= 0.6 is 0 Å². The van der Waals surface area contributed by atoms with Crippen molar-refractivity contribution in [3.05, 3.63) is 58.9 Å². The second-order valence-electron chi connectivity index (χ2n) is 7.06. The van der Waals surface area contributed by atoms with E-state index in [2.05, 4.69) is 37.3 Å². The monoisotopic (exact) mass is 294 g/mol.